The maximum atomic E-state index is 13.8. The topological polar surface area (TPSA) is 130 Å². The quantitative estimate of drug-likeness (QED) is 0.264. The molecular weight excluding hydrogens is 567 g/mol. The van der Waals surface area contributed by atoms with Crippen molar-refractivity contribution in [2.45, 2.75) is 19.0 Å². The van der Waals surface area contributed by atoms with E-state index in [9.17, 15) is 28.1 Å². The first-order valence-electron chi connectivity index (χ1n) is 11.6. The second-order valence-electron chi connectivity index (χ2n) is 8.64. The third-order valence-corrected chi connectivity index (χ3v) is 7.74. The summed E-state index contributed by atoms with van der Waals surface area (Å²) < 4.78 is 26.2. The van der Waals surface area contributed by atoms with E-state index in [4.69, 9.17) is 23.2 Å². The summed E-state index contributed by atoms with van der Waals surface area (Å²) in [6, 6.07) is 17.7. The van der Waals surface area contributed by atoms with Crippen molar-refractivity contribution in [2.24, 2.45) is 0 Å². The highest BCUT2D eigenvalue weighted by Crippen LogP contribution is 2.26. The summed E-state index contributed by atoms with van der Waals surface area (Å²) >= 11 is 12.2. The largest absolute Gasteiger partial charge is 0.357 e. The van der Waals surface area contributed by atoms with Crippen molar-refractivity contribution in [3.05, 3.63) is 104 Å². The van der Waals surface area contributed by atoms with Crippen LogP contribution in [-0.2, 0) is 32.6 Å². The molecule has 206 valence electrons. The first kappa shape index (κ1) is 29.9. The van der Waals surface area contributed by atoms with Gasteiger partial charge in [0.15, 0.2) is 0 Å². The molecule has 2 amide bonds. The van der Waals surface area contributed by atoms with Crippen LogP contribution in [0.4, 0.5) is 11.4 Å². The van der Waals surface area contributed by atoms with Gasteiger partial charge in [0.2, 0.25) is 21.8 Å². The number of nitrogens with zero attached hydrogens (tertiary/aromatic N) is 3. The third kappa shape index (κ3) is 7.92. The van der Waals surface area contributed by atoms with Gasteiger partial charge >= 0.3 is 0 Å². The lowest BCUT2D eigenvalue weighted by Gasteiger charge is -2.33. The summed E-state index contributed by atoms with van der Waals surface area (Å²) in [5.41, 5.74) is 0.931. The van der Waals surface area contributed by atoms with Crippen molar-refractivity contribution >= 4 is 56.4 Å². The number of nitrogens with one attached hydrogen (secondary N) is 1. The van der Waals surface area contributed by atoms with Gasteiger partial charge in [0.25, 0.3) is 5.69 Å². The average Bonchev–Trinajstić information content (AvgIpc) is 2.90. The molecule has 1 N–H and O–H groups in total. The number of halogens is 2. The minimum atomic E-state index is -4.06. The molecule has 13 heteroatoms. The molecule has 39 heavy (non-hydrogen) atoms. The Bertz CT molecular complexity index is 1470. The Kier molecular flexibility index (Phi) is 9.90. The molecular formula is C26H26Cl2N4O6S. The molecule has 0 radical (unpaired) electrons. The number of amides is 2. The SMILES string of the molecule is CNC(=O)[C@@H](Cc1ccccc1)N(Cc1ccc(Cl)c(Cl)c1)C(=O)CN(c1cccc([N+](=O)[O-])c1)S(C)(=O)=O. The predicted octanol–water partition coefficient (Wildman–Crippen LogP) is 4.05. The van der Waals surface area contributed by atoms with E-state index in [1.165, 1.54) is 30.1 Å². The van der Waals surface area contributed by atoms with Gasteiger partial charge in [0, 0.05) is 32.1 Å². The van der Waals surface area contributed by atoms with Crippen LogP contribution in [0.5, 0.6) is 0 Å². The fraction of sp³-hybridized carbons (Fsp3) is 0.231. The Morgan fingerprint density at radius 1 is 0.974 bits per heavy atom. The Hall–Kier alpha value is -3.67. The first-order chi connectivity index (χ1) is 18.4. The summed E-state index contributed by atoms with van der Waals surface area (Å²) in [6.45, 7) is -0.795. The van der Waals surface area contributed by atoms with Crippen LogP contribution in [-0.4, -0.2) is 55.9 Å². The van der Waals surface area contributed by atoms with Crippen LogP contribution in [0.1, 0.15) is 11.1 Å². The van der Waals surface area contributed by atoms with E-state index in [0.717, 1.165) is 22.2 Å². The van der Waals surface area contributed by atoms with Gasteiger partial charge in [-0.05, 0) is 29.3 Å². The zero-order valence-corrected chi connectivity index (χ0v) is 23.4. The van der Waals surface area contributed by atoms with Gasteiger partial charge in [-0.2, -0.15) is 0 Å². The molecule has 0 aliphatic heterocycles. The maximum absolute atomic E-state index is 13.8. The van der Waals surface area contributed by atoms with Crippen molar-refractivity contribution < 1.29 is 22.9 Å². The van der Waals surface area contributed by atoms with Crippen molar-refractivity contribution in [3.63, 3.8) is 0 Å². The summed E-state index contributed by atoms with van der Waals surface area (Å²) in [4.78, 5) is 38.8. The minimum absolute atomic E-state index is 0.0610. The van der Waals surface area contributed by atoms with Gasteiger partial charge in [-0.3, -0.25) is 24.0 Å². The zero-order chi connectivity index (χ0) is 28.7. The van der Waals surface area contributed by atoms with Gasteiger partial charge in [0.1, 0.15) is 12.6 Å². The molecule has 0 unspecified atom stereocenters. The first-order valence-corrected chi connectivity index (χ1v) is 14.2. The van der Waals surface area contributed by atoms with Gasteiger partial charge in [-0.1, -0.05) is 65.7 Å². The minimum Gasteiger partial charge on any atom is -0.357 e. The standard InChI is InChI=1S/C26H26Cl2N4O6S/c1-29-26(34)24(14-18-7-4-3-5-8-18)30(16-19-11-12-22(27)23(28)13-19)25(33)17-31(39(2,37)38)20-9-6-10-21(15-20)32(35)36/h3-13,15,24H,14,16-17H2,1-2H3,(H,29,34)/t24-/m1/s1. The third-order valence-electron chi connectivity index (χ3n) is 5.86. The molecule has 0 spiro atoms. The second-order valence-corrected chi connectivity index (χ2v) is 11.4. The molecule has 0 aromatic heterocycles. The number of benzene rings is 3. The number of nitro benzene ring substituents is 1. The molecule has 10 nitrogen and oxygen atoms in total. The number of non-ortho nitro benzene ring substituents is 1. The molecule has 3 aromatic carbocycles. The van der Waals surface area contributed by atoms with E-state index in [0.29, 0.717) is 10.6 Å². The Morgan fingerprint density at radius 3 is 2.26 bits per heavy atom. The number of rotatable bonds is 11. The number of carbonyl (C=O) groups is 2. The fourth-order valence-electron chi connectivity index (χ4n) is 3.93. The number of hydrogen-bond donors (Lipinski definition) is 1. The second kappa shape index (κ2) is 12.9. The normalized spacial score (nSPS) is 11.9. The molecule has 0 saturated heterocycles. The number of nitro groups is 1. The van der Waals surface area contributed by atoms with Crippen LogP contribution < -0.4 is 9.62 Å². The van der Waals surface area contributed by atoms with Crippen molar-refractivity contribution in [2.75, 3.05) is 24.2 Å². The molecule has 3 aromatic rings. The number of sulfonamides is 1. The molecule has 1 atom stereocenters. The number of carbonyl (C=O) groups excluding carboxylic acids is 2. The van der Waals surface area contributed by atoms with Crippen LogP contribution in [0.2, 0.25) is 10.0 Å². The summed E-state index contributed by atoms with van der Waals surface area (Å²) in [5, 5.41) is 14.4. The lowest BCUT2D eigenvalue weighted by atomic mass is 10.0. The molecule has 0 heterocycles. The predicted molar refractivity (Wildman–Crippen MR) is 150 cm³/mol. The van der Waals surface area contributed by atoms with Gasteiger partial charge in [-0.25, -0.2) is 8.42 Å². The van der Waals surface area contributed by atoms with E-state index in [-0.39, 0.29) is 29.4 Å². The van der Waals surface area contributed by atoms with Crippen LogP contribution in [0.25, 0.3) is 0 Å². The molecule has 0 aliphatic carbocycles. The van der Waals surface area contributed by atoms with Crippen LogP contribution in [0, 0.1) is 10.1 Å². The Morgan fingerprint density at radius 2 is 1.67 bits per heavy atom. The van der Waals surface area contributed by atoms with Crippen LogP contribution in [0.15, 0.2) is 72.8 Å². The lowest BCUT2D eigenvalue weighted by molar-refractivity contribution is -0.384. The summed E-state index contributed by atoms with van der Waals surface area (Å²) in [5.74, 6) is -1.17. The summed E-state index contributed by atoms with van der Waals surface area (Å²) in [6.07, 6.45) is 1.03. The molecule has 0 fully saturated rings. The van der Waals surface area contributed by atoms with Gasteiger partial charge in [0.05, 0.1) is 26.9 Å². The molecule has 0 saturated carbocycles. The van der Waals surface area contributed by atoms with Gasteiger partial charge in [-0.15, -0.1) is 0 Å². The highest BCUT2D eigenvalue weighted by molar-refractivity contribution is 7.92. The van der Waals surface area contributed by atoms with E-state index < -0.39 is 39.3 Å². The lowest BCUT2D eigenvalue weighted by Crippen LogP contribution is -2.52. The van der Waals surface area contributed by atoms with E-state index in [2.05, 4.69) is 5.32 Å². The Labute approximate surface area is 236 Å². The number of hydrogen-bond acceptors (Lipinski definition) is 6. The van der Waals surface area contributed by atoms with Gasteiger partial charge < -0.3 is 10.2 Å². The molecule has 0 aliphatic rings. The van der Waals surface area contributed by atoms with Crippen LogP contribution >= 0.6 is 23.2 Å². The van der Waals surface area contributed by atoms with E-state index in [1.807, 2.05) is 18.2 Å². The number of anilines is 1. The van der Waals surface area contributed by atoms with Crippen molar-refractivity contribution in [3.8, 4) is 0 Å². The maximum Gasteiger partial charge on any atom is 0.271 e. The smallest absolute Gasteiger partial charge is 0.271 e. The van der Waals surface area contributed by atoms with Crippen molar-refractivity contribution in [1.82, 2.24) is 10.2 Å². The highest BCUT2D eigenvalue weighted by atomic mass is 35.5. The number of likely N-dealkylation sites (N-methyl/N-ethyl adjacent to an activating group) is 1. The van der Waals surface area contributed by atoms with E-state index in [1.54, 1.807) is 30.3 Å². The Balaban J connectivity index is 2.06. The molecule has 3 rings (SSSR count). The van der Waals surface area contributed by atoms with Crippen molar-refractivity contribution in [1.29, 1.82) is 0 Å². The van der Waals surface area contributed by atoms with E-state index >= 15 is 0 Å². The zero-order valence-electron chi connectivity index (χ0n) is 21.1. The monoisotopic (exact) mass is 592 g/mol. The fourth-order valence-corrected chi connectivity index (χ4v) is 5.09. The average molecular weight is 593 g/mol. The highest BCUT2D eigenvalue weighted by Gasteiger charge is 2.33. The van der Waals surface area contributed by atoms with Crippen LogP contribution in [0.3, 0.4) is 0 Å². The molecule has 0 bridgehead atoms. The summed E-state index contributed by atoms with van der Waals surface area (Å²) in [7, 11) is -2.62.